The lowest BCUT2D eigenvalue weighted by atomic mass is 9.98. The molecule has 0 aliphatic heterocycles. The van der Waals surface area contributed by atoms with E-state index in [-0.39, 0.29) is 5.56 Å². The van der Waals surface area contributed by atoms with E-state index in [4.69, 9.17) is 5.11 Å². The van der Waals surface area contributed by atoms with Crippen molar-refractivity contribution in [2.75, 3.05) is 6.54 Å². The summed E-state index contributed by atoms with van der Waals surface area (Å²) in [5, 5.41) is 12.3. The van der Waals surface area contributed by atoms with E-state index >= 15 is 0 Å². The van der Waals surface area contributed by atoms with E-state index in [1.807, 2.05) is 0 Å². The highest BCUT2D eigenvalue weighted by molar-refractivity contribution is 5.87. The summed E-state index contributed by atoms with van der Waals surface area (Å²) in [5.41, 5.74) is 1.16. The fourth-order valence-electron chi connectivity index (χ4n) is 2.79. The van der Waals surface area contributed by atoms with E-state index in [0.29, 0.717) is 0 Å². The van der Waals surface area contributed by atoms with Crippen LogP contribution < -0.4 is 5.32 Å². The number of rotatable bonds is 7. The molecule has 0 bridgehead atoms. The molecule has 19 heavy (non-hydrogen) atoms. The second-order valence-corrected chi connectivity index (χ2v) is 5.81. The van der Waals surface area contributed by atoms with Crippen molar-refractivity contribution in [2.45, 2.75) is 32.2 Å². The Kier molecular flexibility index (Phi) is 3.51. The summed E-state index contributed by atoms with van der Waals surface area (Å²) >= 11 is 0. The number of hydrogen-bond donors (Lipinski definition) is 2. The lowest BCUT2D eigenvalue weighted by molar-refractivity contribution is 0.0696. The van der Waals surface area contributed by atoms with Crippen LogP contribution in [-0.4, -0.2) is 22.6 Å². The summed E-state index contributed by atoms with van der Waals surface area (Å²) in [6.45, 7) is 1.81. The van der Waals surface area contributed by atoms with Gasteiger partial charge in [0.2, 0.25) is 0 Å². The summed E-state index contributed by atoms with van der Waals surface area (Å²) in [6, 6.07) is 3.41. The fraction of sp³-hybridized carbons (Fsp3) is 0.600. The monoisotopic (exact) mass is 260 g/mol. The zero-order chi connectivity index (χ0) is 13.2. The Hall–Kier alpha value is -1.42. The maximum Gasteiger partial charge on any atom is 0.337 e. The van der Waals surface area contributed by atoms with Crippen LogP contribution in [0.2, 0.25) is 0 Å². The molecule has 2 aliphatic rings. The third-order valence-electron chi connectivity index (χ3n) is 4.21. The van der Waals surface area contributed by atoms with Crippen LogP contribution in [0.25, 0.3) is 0 Å². The molecule has 0 amide bonds. The standard InChI is InChI=1S/C15H20N2O2/c18-15(19)12-5-6-13(17-7-12)8-16-9-14(10-1-2-10)11-3-4-11/h5-7,10-11,14,16H,1-4,8-9H2,(H,18,19). The number of carbonyl (C=O) groups is 1. The summed E-state index contributed by atoms with van der Waals surface area (Å²) in [7, 11) is 0. The lowest BCUT2D eigenvalue weighted by Gasteiger charge is -2.16. The first-order valence-corrected chi connectivity index (χ1v) is 7.13. The quantitative estimate of drug-likeness (QED) is 0.789. The van der Waals surface area contributed by atoms with Gasteiger partial charge in [0.05, 0.1) is 11.3 Å². The Balaban J connectivity index is 1.47. The van der Waals surface area contributed by atoms with Crippen molar-refractivity contribution >= 4 is 5.97 Å². The molecule has 2 aliphatic carbocycles. The maximum atomic E-state index is 10.7. The van der Waals surface area contributed by atoms with Gasteiger partial charge in [0, 0.05) is 12.7 Å². The summed E-state index contributed by atoms with van der Waals surface area (Å²) in [4.78, 5) is 14.9. The maximum absolute atomic E-state index is 10.7. The van der Waals surface area contributed by atoms with Gasteiger partial charge in [-0.25, -0.2) is 4.79 Å². The molecule has 1 heterocycles. The summed E-state index contributed by atoms with van der Waals surface area (Å²) in [5.74, 6) is 1.86. The fourth-order valence-corrected chi connectivity index (χ4v) is 2.79. The first kappa shape index (κ1) is 12.6. The molecular weight excluding hydrogens is 240 g/mol. The van der Waals surface area contributed by atoms with Crippen LogP contribution in [0.15, 0.2) is 18.3 Å². The summed E-state index contributed by atoms with van der Waals surface area (Å²) < 4.78 is 0. The molecule has 0 atom stereocenters. The minimum atomic E-state index is -0.922. The zero-order valence-electron chi connectivity index (χ0n) is 11.0. The molecule has 0 spiro atoms. The van der Waals surface area contributed by atoms with Gasteiger partial charge < -0.3 is 10.4 Å². The first-order valence-electron chi connectivity index (χ1n) is 7.13. The van der Waals surface area contributed by atoms with Crippen LogP contribution in [0.5, 0.6) is 0 Å². The van der Waals surface area contributed by atoms with Gasteiger partial charge in [-0.1, -0.05) is 0 Å². The second kappa shape index (κ2) is 5.29. The highest BCUT2D eigenvalue weighted by atomic mass is 16.4. The van der Waals surface area contributed by atoms with Crippen LogP contribution in [0.3, 0.4) is 0 Å². The lowest BCUT2D eigenvalue weighted by Crippen LogP contribution is -2.25. The normalized spacial score (nSPS) is 18.8. The number of pyridine rings is 1. The Labute approximate surface area is 113 Å². The average molecular weight is 260 g/mol. The van der Waals surface area contributed by atoms with E-state index in [1.165, 1.54) is 31.9 Å². The van der Waals surface area contributed by atoms with Gasteiger partial charge in [-0.05, 0) is 62.1 Å². The van der Waals surface area contributed by atoms with E-state index in [0.717, 1.165) is 36.5 Å². The molecule has 2 N–H and O–H groups in total. The van der Waals surface area contributed by atoms with Crippen molar-refractivity contribution in [3.63, 3.8) is 0 Å². The third-order valence-corrected chi connectivity index (χ3v) is 4.21. The Morgan fingerprint density at radius 3 is 2.47 bits per heavy atom. The molecule has 4 heteroatoms. The van der Waals surface area contributed by atoms with E-state index < -0.39 is 5.97 Å². The Morgan fingerprint density at radius 1 is 1.32 bits per heavy atom. The molecule has 0 radical (unpaired) electrons. The van der Waals surface area contributed by atoms with Crippen LogP contribution in [0, 0.1) is 17.8 Å². The minimum absolute atomic E-state index is 0.248. The molecule has 0 aromatic carbocycles. The Bertz CT molecular complexity index is 438. The van der Waals surface area contributed by atoms with Gasteiger partial charge >= 0.3 is 5.97 Å². The van der Waals surface area contributed by atoms with Gasteiger partial charge in [-0.2, -0.15) is 0 Å². The van der Waals surface area contributed by atoms with Crippen molar-refractivity contribution in [3.05, 3.63) is 29.6 Å². The van der Waals surface area contributed by atoms with Crippen LogP contribution in [-0.2, 0) is 6.54 Å². The van der Waals surface area contributed by atoms with Crippen LogP contribution in [0.1, 0.15) is 41.7 Å². The second-order valence-electron chi connectivity index (χ2n) is 5.81. The predicted molar refractivity (Wildman–Crippen MR) is 71.8 cm³/mol. The van der Waals surface area contributed by atoms with Gasteiger partial charge in [-0.15, -0.1) is 0 Å². The number of hydrogen-bond acceptors (Lipinski definition) is 3. The van der Waals surface area contributed by atoms with Crippen molar-refractivity contribution in [1.29, 1.82) is 0 Å². The van der Waals surface area contributed by atoms with Crippen molar-refractivity contribution < 1.29 is 9.90 Å². The van der Waals surface area contributed by atoms with Gasteiger partial charge in [0.25, 0.3) is 0 Å². The molecule has 0 unspecified atom stereocenters. The molecule has 1 aromatic heterocycles. The largest absolute Gasteiger partial charge is 0.478 e. The van der Waals surface area contributed by atoms with E-state index in [9.17, 15) is 4.79 Å². The summed E-state index contributed by atoms with van der Waals surface area (Å²) in [6.07, 6.45) is 7.07. The number of carboxylic acids is 1. The Morgan fingerprint density at radius 2 is 2.00 bits per heavy atom. The highest BCUT2D eigenvalue weighted by Crippen LogP contribution is 2.48. The number of aromatic carboxylic acids is 1. The smallest absolute Gasteiger partial charge is 0.337 e. The molecule has 2 fully saturated rings. The number of carboxylic acid groups (broad SMARTS) is 1. The average Bonchev–Trinajstić information content (AvgIpc) is 3.28. The van der Waals surface area contributed by atoms with Gasteiger partial charge in [0.1, 0.15) is 0 Å². The molecule has 102 valence electrons. The highest BCUT2D eigenvalue weighted by Gasteiger charge is 2.40. The third kappa shape index (κ3) is 3.32. The SMILES string of the molecule is O=C(O)c1ccc(CNCC(C2CC2)C2CC2)nc1. The molecule has 1 aromatic rings. The molecule has 4 nitrogen and oxygen atoms in total. The molecule has 2 saturated carbocycles. The number of nitrogens with one attached hydrogen (secondary N) is 1. The van der Waals surface area contributed by atoms with Crippen LogP contribution >= 0.6 is 0 Å². The zero-order valence-corrected chi connectivity index (χ0v) is 11.0. The van der Waals surface area contributed by atoms with Crippen molar-refractivity contribution in [3.8, 4) is 0 Å². The van der Waals surface area contributed by atoms with Gasteiger partial charge in [-0.3, -0.25) is 4.98 Å². The minimum Gasteiger partial charge on any atom is -0.478 e. The topological polar surface area (TPSA) is 62.2 Å². The first-order chi connectivity index (χ1) is 9.24. The molecular formula is C15H20N2O2. The van der Waals surface area contributed by atoms with Gasteiger partial charge in [0.15, 0.2) is 0 Å². The van der Waals surface area contributed by atoms with E-state index in [1.54, 1.807) is 12.1 Å². The molecule has 3 rings (SSSR count). The number of nitrogens with zero attached hydrogens (tertiary/aromatic N) is 1. The van der Waals surface area contributed by atoms with Crippen LogP contribution in [0.4, 0.5) is 0 Å². The van der Waals surface area contributed by atoms with E-state index in [2.05, 4.69) is 10.3 Å². The van der Waals surface area contributed by atoms with Crippen molar-refractivity contribution in [2.24, 2.45) is 17.8 Å². The van der Waals surface area contributed by atoms with Crippen molar-refractivity contribution in [1.82, 2.24) is 10.3 Å². The predicted octanol–water partition coefficient (Wildman–Crippen LogP) is 2.31. The number of aromatic nitrogens is 1. The molecule has 0 saturated heterocycles.